The summed E-state index contributed by atoms with van der Waals surface area (Å²) in [6.45, 7) is 8.03. The Bertz CT molecular complexity index is 1430. The summed E-state index contributed by atoms with van der Waals surface area (Å²) >= 11 is 6.65. The number of halogens is 1. The van der Waals surface area contributed by atoms with E-state index >= 15 is 0 Å². The second kappa shape index (κ2) is 9.30. The van der Waals surface area contributed by atoms with Crippen molar-refractivity contribution < 1.29 is 9.53 Å². The van der Waals surface area contributed by atoms with Crippen LogP contribution in [0.2, 0.25) is 5.02 Å². The van der Waals surface area contributed by atoms with Crippen LogP contribution in [0.3, 0.4) is 0 Å². The molecular weight excluding hydrogens is 462 g/mol. The number of para-hydroxylation sites is 1. The predicted molar refractivity (Wildman–Crippen MR) is 136 cm³/mol. The van der Waals surface area contributed by atoms with Crippen LogP contribution in [0.4, 0.5) is 0 Å². The number of benzene rings is 1. The van der Waals surface area contributed by atoms with Gasteiger partial charge in [-0.2, -0.15) is 5.10 Å². The maximum Gasteiger partial charge on any atom is 0.223 e. The third kappa shape index (κ3) is 4.73. The van der Waals surface area contributed by atoms with Gasteiger partial charge in [0, 0.05) is 33.8 Å². The molecular formula is C27H28ClN5O2. The molecule has 8 heteroatoms. The summed E-state index contributed by atoms with van der Waals surface area (Å²) in [5, 5.41) is 11.9. The average molecular weight is 490 g/mol. The molecule has 1 aromatic carbocycles. The Kier molecular flexibility index (Phi) is 6.19. The number of aromatic amines is 1. The molecule has 35 heavy (non-hydrogen) atoms. The van der Waals surface area contributed by atoms with Gasteiger partial charge in [0.05, 0.1) is 28.6 Å². The molecule has 1 saturated carbocycles. The van der Waals surface area contributed by atoms with Gasteiger partial charge in [0.15, 0.2) is 0 Å². The fraction of sp³-hybridized carbons (Fsp3) is 0.333. The molecule has 1 fully saturated rings. The number of carbonyl (C=O) groups excluding carboxylic acids is 1. The van der Waals surface area contributed by atoms with Gasteiger partial charge < -0.3 is 10.1 Å². The van der Waals surface area contributed by atoms with Crippen LogP contribution in [-0.2, 0) is 11.4 Å². The minimum Gasteiger partial charge on any atom is -0.486 e. The van der Waals surface area contributed by atoms with Crippen LogP contribution in [0, 0.1) is 26.7 Å². The van der Waals surface area contributed by atoms with Crippen LogP contribution >= 0.6 is 11.6 Å². The lowest BCUT2D eigenvalue weighted by Gasteiger charge is -2.20. The molecule has 5 rings (SSSR count). The lowest BCUT2D eigenvalue weighted by Crippen LogP contribution is -2.29. The van der Waals surface area contributed by atoms with Crippen molar-refractivity contribution >= 4 is 28.4 Å². The Hall–Kier alpha value is -3.45. The highest BCUT2D eigenvalue weighted by atomic mass is 35.5. The van der Waals surface area contributed by atoms with Crippen LogP contribution in [0.1, 0.15) is 54.0 Å². The molecule has 1 amide bonds. The second-order valence-electron chi connectivity index (χ2n) is 9.29. The van der Waals surface area contributed by atoms with Gasteiger partial charge in [0.25, 0.3) is 0 Å². The maximum absolute atomic E-state index is 12.4. The van der Waals surface area contributed by atoms with E-state index in [0.29, 0.717) is 10.8 Å². The standard InChI is InChI=1S/C27H28ClN5O2/c1-14-12-29-33-24(14)20-10-15(2)31-26-19(20)6-5-7-23(26)35-13-21-22(28)11-16(3)30-25(21)17(4)32-27(34)18-8-9-18/h5-7,10-12,17-18H,8-9,13H2,1-4H3,(H,29,33)(H,32,34). The quantitative estimate of drug-likeness (QED) is 0.344. The summed E-state index contributed by atoms with van der Waals surface area (Å²) in [5.74, 6) is 0.844. The van der Waals surface area contributed by atoms with Crippen molar-refractivity contribution in [1.29, 1.82) is 0 Å². The Balaban J connectivity index is 1.48. The molecule has 1 aliphatic carbocycles. The van der Waals surface area contributed by atoms with E-state index in [1.54, 1.807) is 0 Å². The first-order valence-corrected chi connectivity index (χ1v) is 12.2. The molecule has 0 aliphatic heterocycles. The number of hydrogen-bond acceptors (Lipinski definition) is 5. The monoisotopic (exact) mass is 489 g/mol. The van der Waals surface area contributed by atoms with Gasteiger partial charge >= 0.3 is 0 Å². The number of aromatic nitrogens is 4. The zero-order valence-corrected chi connectivity index (χ0v) is 21.0. The smallest absolute Gasteiger partial charge is 0.223 e. The molecule has 0 radical (unpaired) electrons. The molecule has 3 aromatic heterocycles. The molecule has 4 aromatic rings. The highest BCUT2D eigenvalue weighted by molar-refractivity contribution is 6.31. The molecule has 3 heterocycles. The lowest BCUT2D eigenvalue weighted by atomic mass is 10.0. The van der Waals surface area contributed by atoms with Crippen molar-refractivity contribution in [2.24, 2.45) is 5.92 Å². The number of pyridine rings is 2. The van der Waals surface area contributed by atoms with Crippen LogP contribution in [0.25, 0.3) is 22.2 Å². The molecule has 180 valence electrons. The normalized spacial score (nSPS) is 14.2. The number of hydrogen-bond donors (Lipinski definition) is 2. The van der Waals surface area contributed by atoms with Gasteiger partial charge in [-0.1, -0.05) is 23.7 Å². The van der Waals surface area contributed by atoms with E-state index in [4.69, 9.17) is 26.3 Å². The van der Waals surface area contributed by atoms with Crippen molar-refractivity contribution in [3.05, 3.63) is 69.8 Å². The van der Waals surface area contributed by atoms with Gasteiger partial charge in [-0.15, -0.1) is 0 Å². The van der Waals surface area contributed by atoms with Gasteiger partial charge in [-0.05, 0) is 64.3 Å². The van der Waals surface area contributed by atoms with Crippen LogP contribution in [-0.4, -0.2) is 26.1 Å². The van der Waals surface area contributed by atoms with E-state index in [0.717, 1.165) is 63.2 Å². The average Bonchev–Trinajstić information content (AvgIpc) is 3.58. The largest absolute Gasteiger partial charge is 0.486 e. The topological polar surface area (TPSA) is 92.8 Å². The van der Waals surface area contributed by atoms with Crippen molar-refractivity contribution in [3.63, 3.8) is 0 Å². The first-order valence-electron chi connectivity index (χ1n) is 11.8. The Labute approximate surface area is 209 Å². The van der Waals surface area contributed by atoms with Crippen LogP contribution in [0.5, 0.6) is 5.75 Å². The molecule has 0 saturated heterocycles. The van der Waals surface area contributed by atoms with Crippen molar-refractivity contribution in [2.45, 2.75) is 53.2 Å². The minimum atomic E-state index is -0.276. The van der Waals surface area contributed by atoms with Crippen LogP contribution < -0.4 is 10.1 Å². The first kappa shape index (κ1) is 23.3. The third-order valence-electron chi connectivity index (χ3n) is 6.35. The Morgan fingerprint density at radius 3 is 2.69 bits per heavy atom. The van der Waals surface area contributed by atoms with E-state index in [1.165, 1.54) is 0 Å². The molecule has 2 N–H and O–H groups in total. The summed E-state index contributed by atoms with van der Waals surface area (Å²) in [6, 6.07) is 9.50. The number of ether oxygens (including phenoxy) is 1. The number of fused-ring (bicyclic) bond motifs is 1. The summed E-state index contributed by atoms with van der Waals surface area (Å²) in [7, 11) is 0. The summed E-state index contributed by atoms with van der Waals surface area (Å²) in [4.78, 5) is 21.9. The van der Waals surface area contributed by atoms with Crippen molar-refractivity contribution in [1.82, 2.24) is 25.5 Å². The van der Waals surface area contributed by atoms with E-state index in [1.807, 2.05) is 58.2 Å². The number of rotatable bonds is 7. The van der Waals surface area contributed by atoms with E-state index in [2.05, 4.69) is 21.6 Å². The molecule has 0 spiro atoms. The number of nitrogens with zero attached hydrogens (tertiary/aromatic N) is 3. The number of nitrogens with one attached hydrogen (secondary N) is 2. The lowest BCUT2D eigenvalue weighted by molar-refractivity contribution is -0.122. The molecule has 7 nitrogen and oxygen atoms in total. The van der Waals surface area contributed by atoms with Gasteiger partial charge in [0.2, 0.25) is 5.91 Å². The Morgan fingerprint density at radius 2 is 1.97 bits per heavy atom. The minimum absolute atomic E-state index is 0.0687. The highest BCUT2D eigenvalue weighted by Crippen LogP contribution is 2.35. The number of carbonyl (C=O) groups is 1. The fourth-order valence-electron chi connectivity index (χ4n) is 4.37. The zero-order valence-electron chi connectivity index (χ0n) is 20.3. The fourth-order valence-corrected chi connectivity index (χ4v) is 4.68. The van der Waals surface area contributed by atoms with E-state index < -0.39 is 0 Å². The third-order valence-corrected chi connectivity index (χ3v) is 6.68. The summed E-state index contributed by atoms with van der Waals surface area (Å²) < 4.78 is 6.31. The highest BCUT2D eigenvalue weighted by Gasteiger charge is 2.31. The second-order valence-corrected chi connectivity index (χ2v) is 9.70. The zero-order chi connectivity index (χ0) is 24.7. The molecule has 1 aliphatic rings. The summed E-state index contributed by atoms with van der Waals surface area (Å²) in [6.07, 6.45) is 3.71. The van der Waals surface area contributed by atoms with Crippen LogP contribution in [0.15, 0.2) is 36.5 Å². The number of aryl methyl sites for hydroxylation is 3. The maximum atomic E-state index is 12.4. The van der Waals surface area contributed by atoms with Gasteiger partial charge in [0.1, 0.15) is 17.9 Å². The Morgan fingerprint density at radius 1 is 1.20 bits per heavy atom. The van der Waals surface area contributed by atoms with E-state index in [-0.39, 0.29) is 24.5 Å². The summed E-state index contributed by atoms with van der Waals surface area (Å²) in [5.41, 5.74) is 6.98. The van der Waals surface area contributed by atoms with Crippen molar-refractivity contribution in [2.75, 3.05) is 0 Å². The van der Waals surface area contributed by atoms with Crippen molar-refractivity contribution in [3.8, 4) is 17.0 Å². The molecule has 0 bridgehead atoms. The molecule has 1 atom stereocenters. The number of amides is 1. The number of H-pyrrole nitrogens is 1. The SMILES string of the molecule is Cc1cc(Cl)c(COc2cccc3c(-c4[nH]ncc4C)cc(C)nc23)c(C(C)NC(=O)C2CC2)n1. The van der Waals surface area contributed by atoms with Gasteiger partial charge in [-0.25, -0.2) is 4.98 Å². The molecule has 1 unspecified atom stereocenters. The first-order chi connectivity index (χ1) is 16.8. The van der Waals surface area contributed by atoms with Gasteiger partial charge in [-0.3, -0.25) is 14.9 Å². The predicted octanol–water partition coefficient (Wildman–Crippen LogP) is 5.76. The van der Waals surface area contributed by atoms with E-state index in [9.17, 15) is 4.79 Å².